The molecule has 1 saturated carbocycles. The molecule has 1 aliphatic rings. The molecule has 2 nitrogen and oxygen atoms in total. The van der Waals surface area contributed by atoms with Crippen LogP contribution in [0.4, 0.5) is 4.39 Å². The number of benzene rings is 1. The van der Waals surface area contributed by atoms with Gasteiger partial charge in [0.15, 0.2) is 0 Å². The van der Waals surface area contributed by atoms with Gasteiger partial charge in [0.1, 0.15) is 11.4 Å². The number of hydrogen-bond acceptors (Lipinski definition) is 2. The zero-order valence-corrected chi connectivity index (χ0v) is 10.5. The molecule has 16 heavy (non-hydrogen) atoms. The fraction of sp³-hybridized carbons (Fsp3) is 0.417. The smallest absolute Gasteiger partial charge is 0.211 e. The number of nitrogens with zero attached hydrogens (tertiary/aromatic N) is 1. The Morgan fingerprint density at radius 1 is 1.50 bits per heavy atom. The molecule has 1 fully saturated rings. The molecular formula is C12H11BrFNO. The van der Waals surface area contributed by atoms with Crippen LogP contribution in [0, 0.1) is 12.7 Å². The summed E-state index contributed by atoms with van der Waals surface area (Å²) >= 11 is 3.37. The molecule has 1 aromatic rings. The van der Waals surface area contributed by atoms with Crippen molar-refractivity contribution in [3.8, 4) is 0 Å². The van der Waals surface area contributed by atoms with Gasteiger partial charge in [0, 0.05) is 10.0 Å². The number of isocyanates is 1. The summed E-state index contributed by atoms with van der Waals surface area (Å²) < 4.78 is 14.7. The normalized spacial score (nSPS) is 17.4. The lowest BCUT2D eigenvalue weighted by Gasteiger charge is -2.37. The van der Waals surface area contributed by atoms with Gasteiger partial charge in [-0.15, -0.1) is 0 Å². The van der Waals surface area contributed by atoms with Gasteiger partial charge in [-0.05, 0) is 43.9 Å². The Hall–Kier alpha value is -0.990. The minimum Gasteiger partial charge on any atom is -0.211 e. The first kappa shape index (κ1) is 11.5. The average Bonchev–Trinajstić information content (AvgIpc) is 2.18. The molecule has 4 heteroatoms. The van der Waals surface area contributed by atoms with Crippen LogP contribution in [0.5, 0.6) is 0 Å². The van der Waals surface area contributed by atoms with Crippen molar-refractivity contribution in [2.45, 2.75) is 31.7 Å². The van der Waals surface area contributed by atoms with Crippen molar-refractivity contribution in [3.63, 3.8) is 0 Å². The van der Waals surface area contributed by atoms with Crippen LogP contribution in [0.15, 0.2) is 21.6 Å². The number of aryl methyl sites for hydroxylation is 1. The van der Waals surface area contributed by atoms with E-state index in [4.69, 9.17) is 0 Å². The zero-order valence-electron chi connectivity index (χ0n) is 8.89. The minimum absolute atomic E-state index is 0.292. The van der Waals surface area contributed by atoms with Crippen molar-refractivity contribution in [1.29, 1.82) is 0 Å². The predicted octanol–water partition coefficient (Wildman–Crippen LogP) is 3.61. The average molecular weight is 284 g/mol. The highest BCUT2D eigenvalue weighted by atomic mass is 79.9. The van der Waals surface area contributed by atoms with E-state index >= 15 is 0 Å². The SMILES string of the molecule is Cc1cc(F)c(C2(N=C=O)CCC2)cc1Br. The van der Waals surface area contributed by atoms with E-state index in [1.165, 1.54) is 6.07 Å². The first-order chi connectivity index (χ1) is 7.59. The number of hydrogen-bond donors (Lipinski definition) is 0. The quantitative estimate of drug-likeness (QED) is 0.602. The second kappa shape index (κ2) is 4.11. The molecule has 0 amide bonds. The van der Waals surface area contributed by atoms with Gasteiger partial charge >= 0.3 is 0 Å². The Kier molecular flexibility index (Phi) is 2.96. The van der Waals surface area contributed by atoms with E-state index in [0.29, 0.717) is 18.4 Å². The molecule has 0 saturated heterocycles. The second-order valence-electron chi connectivity index (χ2n) is 4.17. The largest absolute Gasteiger partial charge is 0.235 e. The van der Waals surface area contributed by atoms with Crippen molar-refractivity contribution < 1.29 is 9.18 Å². The Labute approximate surface area is 102 Å². The van der Waals surface area contributed by atoms with Crippen LogP contribution in [0.1, 0.15) is 30.4 Å². The molecule has 0 aliphatic heterocycles. The van der Waals surface area contributed by atoms with E-state index in [0.717, 1.165) is 16.5 Å². The minimum atomic E-state index is -0.665. The van der Waals surface area contributed by atoms with Crippen LogP contribution in [0.25, 0.3) is 0 Å². The van der Waals surface area contributed by atoms with Crippen molar-refractivity contribution in [2.75, 3.05) is 0 Å². The van der Waals surface area contributed by atoms with Gasteiger partial charge in [0.05, 0.1) is 0 Å². The summed E-state index contributed by atoms with van der Waals surface area (Å²) in [5.74, 6) is -0.292. The van der Waals surface area contributed by atoms with Crippen molar-refractivity contribution in [2.24, 2.45) is 4.99 Å². The standard InChI is InChI=1S/C12H11BrFNO/c1-8-5-11(14)9(6-10(8)13)12(15-7-16)3-2-4-12/h5-6H,2-4H2,1H3. The monoisotopic (exact) mass is 283 g/mol. The summed E-state index contributed by atoms with van der Waals surface area (Å²) in [5.41, 5.74) is 0.674. The molecule has 0 N–H and O–H groups in total. The maximum Gasteiger partial charge on any atom is 0.235 e. The van der Waals surface area contributed by atoms with Gasteiger partial charge in [-0.3, -0.25) is 0 Å². The second-order valence-corrected chi connectivity index (χ2v) is 5.02. The molecule has 0 heterocycles. The molecule has 1 aliphatic carbocycles. The van der Waals surface area contributed by atoms with Crippen LogP contribution in [-0.2, 0) is 10.3 Å². The fourth-order valence-corrected chi connectivity index (χ4v) is 2.39. The molecule has 0 aromatic heterocycles. The van der Waals surface area contributed by atoms with Gasteiger partial charge in [-0.2, -0.15) is 4.99 Å². The highest BCUT2D eigenvalue weighted by molar-refractivity contribution is 9.10. The summed E-state index contributed by atoms with van der Waals surface area (Å²) in [6.45, 7) is 1.83. The van der Waals surface area contributed by atoms with Crippen LogP contribution >= 0.6 is 15.9 Å². The number of halogens is 2. The Bertz CT molecular complexity index is 476. The van der Waals surface area contributed by atoms with E-state index in [1.807, 2.05) is 6.92 Å². The third-order valence-corrected chi connectivity index (χ3v) is 4.04. The lowest BCUT2D eigenvalue weighted by Crippen LogP contribution is -2.33. The van der Waals surface area contributed by atoms with E-state index in [2.05, 4.69) is 20.9 Å². The highest BCUT2D eigenvalue weighted by Crippen LogP contribution is 2.46. The van der Waals surface area contributed by atoms with Gasteiger partial charge in [-0.1, -0.05) is 15.9 Å². The molecular weight excluding hydrogens is 273 g/mol. The number of rotatable bonds is 2. The highest BCUT2D eigenvalue weighted by Gasteiger charge is 2.41. The topological polar surface area (TPSA) is 29.4 Å². The summed E-state index contributed by atoms with van der Waals surface area (Å²) in [7, 11) is 0. The maximum atomic E-state index is 13.9. The van der Waals surface area contributed by atoms with Crippen LogP contribution in [0.3, 0.4) is 0 Å². The molecule has 0 unspecified atom stereocenters. The summed E-state index contributed by atoms with van der Waals surface area (Å²) in [6.07, 6.45) is 3.97. The van der Waals surface area contributed by atoms with Gasteiger partial charge < -0.3 is 0 Å². The number of aliphatic imine (C=N–C) groups is 1. The van der Waals surface area contributed by atoms with Crippen LogP contribution in [-0.4, -0.2) is 6.08 Å². The van der Waals surface area contributed by atoms with E-state index < -0.39 is 5.54 Å². The Balaban J connectivity index is 2.54. The maximum absolute atomic E-state index is 13.9. The summed E-state index contributed by atoms with van der Waals surface area (Å²) in [6, 6.07) is 3.20. The summed E-state index contributed by atoms with van der Waals surface area (Å²) in [5, 5.41) is 0. The summed E-state index contributed by atoms with van der Waals surface area (Å²) in [4.78, 5) is 14.2. The fourth-order valence-electron chi connectivity index (χ4n) is 2.04. The third-order valence-electron chi connectivity index (χ3n) is 3.19. The predicted molar refractivity (Wildman–Crippen MR) is 62.5 cm³/mol. The number of carbonyl (C=O) groups excluding carboxylic acids is 1. The Morgan fingerprint density at radius 3 is 2.69 bits per heavy atom. The van der Waals surface area contributed by atoms with Crippen molar-refractivity contribution in [1.82, 2.24) is 0 Å². The van der Waals surface area contributed by atoms with Crippen LogP contribution in [0.2, 0.25) is 0 Å². The third kappa shape index (κ3) is 1.72. The van der Waals surface area contributed by atoms with Gasteiger partial charge in [-0.25, -0.2) is 9.18 Å². The lowest BCUT2D eigenvalue weighted by molar-refractivity contribution is 0.247. The first-order valence-electron chi connectivity index (χ1n) is 5.14. The molecule has 0 atom stereocenters. The molecule has 0 radical (unpaired) electrons. The molecule has 0 spiro atoms. The zero-order chi connectivity index (χ0) is 11.8. The van der Waals surface area contributed by atoms with Gasteiger partial charge in [0.2, 0.25) is 6.08 Å². The van der Waals surface area contributed by atoms with E-state index in [1.54, 1.807) is 12.1 Å². The van der Waals surface area contributed by atoms with E-state index in [-0.39, 0.29) is 5.82 Å². The van der Waals surface area contributed by atoms with Gasteiger partial charge in [0.25, 0.3) is 0 Å². The lowest BCUT2D eigenvalue weighted by atomic mass is 9.72. The Morgan fingerprint density at radius 2 is 2.19 bits per heavy atom. The molecule has 0 bridgehead atoms. The molecule has 2 rings (SSSR count). The molecule has 84 valence electrons. The molecule has 1 aromatic carbocycles. The van der Waals surface area contributed by atoms with Crippen LogP contribution < -0.4 is 0 Å². The van der Waals surface area contributed by atoms with E-state index in [9.17, 15) is 9.18 Å². The van der Waals surface area contributed by atoms with Crippen molar-refractivity contribution >= 4 is 22.0 Å². The van der Waals surface area contributed by atoms with Crippen molar-refractivity contribution in [3.05, 3.63) is 33.5 Å². The first-order valence-corrected chi connectivity index (χ1v) is 5.93.